The zero-order valence-corrected chi connectivity index (χ0v) is 20.5. The number of rotatable bonds is 11. The van der Waals surface area contributed by atoms with E-state index in [0.29, 0.717) is 31.7 Å². The summed E-state index contributed by atoms with van der Waals surface area (Å²) < 4.78 is 11.8. The van der Waals surface area contributed by atoms with Crippen molar-refractivity contribution in [3.63, 3.8) is 0 Å². The number of hydrogen-bond donors (Lipinski definition) is 0. The molecule has 0 bridgehead atoms. The van der Waals surface area contributed by atoms with Crippen LogP contribution in [0, 0.1) is 0 Å². The molecule has 1 heterocycles. The maximum atomic E-state index is 12.3. The van der Waals surface area contributed by atoms with Gasteiger partial charge in [0.15, 0.2) is 0 Å². The van der Waals surface area contributed by atoms with Crippen molar-refractivity contribution in [1.29, 1.82) is 0 Å². The van der Waals surface area contributed by atoms with Gasteiger partial charge in [-0.25, -0.2) is 4.79 Å². The van der Waals surface area contributed by atoms with Gasteiger partial charge in [-0.3, -0.25) is 4.79 Å². The first-order valence-electron chi connectivity index (χ1n) is 10.3. The molecule has 7 heteroatoms. The Morgan fingerprint density at radius 1 is 1.13 bits per heavy atom. The van der Waals surface area contributed by atoms with Crippen LogP contribution in [-0.4, -0.2) is 45.0 Å². The molecular formula is C23H33NO4SSi. The highest BCUT2D eigenvalue weighted by Gasteiger charge is 2.20. The number of para-hydroxylation sites is 1. The zero-order chi connectivity index (χ0) is 22.1. The van der Waals surface area contributed by atoms with Crippen LogP contribution >= 0.6 is 11.3 Å². The van der Waals surface area contributed by atoms with E-state index in [2.05, 4.69) is 19.6 Å². The van der Waals surface area contributed by atoms with E-state index in [4.69, 9.17) is 9.47 Å². The van der Waals surface area contributed by atoms with Crippen LogP contribution in [0.4, 0.5) is 4.79 Å². The second kappa shape index (κ2) is 11.3. The van der Waals surface area contributed by atoms with E-state index < -0.39 is 8.07 Å². The van der Waals surface area contributed by atoms with E-state index in [0.717, 1.165) is 16.5 Å². The fourth-order valence-corrected chi connectivity index (χ4v) is 4.38. The molecule has 1 amide bonds. The summed E-state index contributed by atoms with van der Waals surface area (Å²) in [5.74, 6) is 0.811. The van der Waals surface area contributed by atoms with Gasteiger partial charge in [0.05, 0.1) is 6.61 Å². The highest BCUT2D eigenvalue weighted by Crippen LogP contribution is 2.30. The SMILES string of the molecule is CC(=O)Cc1ccccc1OC(CCN(C)C(=O)OCC[Si](C)(C)C)c1cccs1. The molecule has 1 atom stereocenters. The fraction of sp³-hybridized carbons (Fsp3) is 0.478. The van der Waals surface area contributed by atoms with Crippen molar-refractivity contribution in [2.24, 2.45) is 0 Å². The second-order valence-electron chi connectivity index (χ2n) is 8.74. The summed E-state index contributed by atoms with van der Waals surface area (Å²) in [5.41, 5.74) is 0.880. The van der Waals surface area contributed by atoms with E-state index in [-0.39, 0.29) is 18.0 Å². The minimum absolute atomic E-state index is 0.0968. The number of amides is 1. The number of ether oxygens (including phenoxy) is 2. The number of Topliss-reactive ketones (excluding diaryl/α,β-unsaturated/α-hetero) is 1. The van der Waals surface area contributed by atoms with E-state index in [9.17, 15) is 9.59 Å². The maximum Gasteiger partial charge on any atom is 0.409 e. The summed E-state index contributed by atoms with van der Waals surface area (Å²) in [7, 11) is 0.526. The lowest BCUT2D eigenvalue weighted by atomic mass is 10.1. The smallest absolute Gasteiger partial charge is 0.409 e. The molecule has 0 saturated carbocycles. The Balaban J connectivity index is 2.00. The van der Waals surface area contributed by atoms with E-state index in [1.165, 1.54) is 0 Å². The number of nitrogens with zero attached hydrogens (tertiary/aromatic N) is 1. The molecule has 5 nitrogen and oxygen atoms in total. The van der Waals surface area contributed by atoms with Crippen LogP contribution in [0.3, 0.4) is 0 Å². The third kappa shape index (κ3) is 8.32. The zero-order valence-electron chi connectivity index (χ0n) is 18.6. The van der Waals surface area contributed by atoms with Crippen LogP contribution in [-0.2, 0) is 16.0 Å². The number of benzene rings is 1. The summed E-state index contributed by atoms with van der Waals surface area (Å²) in [6.45, 7) is 9.36. The summed E-state index contributed by atoms with van der Waals surface area (Å²) in [6.07, 6.45) is 0.482. The molecule has 0 aliphatic rings. The topological polar surface area (TPSA) is 55.8 Å². The first-order chi connectivity index (χ1) is 14.2. The number of ketones is 1. The molecule has 1 aromatic carbocycles. The Kier molecular flexibility index (Phi) is 9.11. The summed E-state index contributed by atoms with van der Waals surface area (Å²) in [6, 6.07) is 12.6. The number of carbonyl (C=O) groups is 2. The van der Waals surface area contributed by atoms with Crippen molar-refractivity contribution in [3.8, 4) is 5.75 Å². The first-order valence-corrected chi connectivity index (χ1v) is 14.9. The van der Waals surface area contributed by atoms with Gasteiger partial charge in [-0.15, -0.1) is 11.3 Å². The number of hydrogen-bond acceptors (Lipinski definition) is 5. The molecule has 0 spiro atoms. The molecule has 1 aromatic heterocycles. The quantitative estimate of drug-likeness (QED) is 0.409. The fourth-order valence-electron chi connectivity index (χ4n) is 2.88. The van der Waals surface area contributed by atoms with Gasteiger partial charge in [0.2, 0.25) is 0 Å². The molecule has 1 unspecified atom stereocenters. The summed E-state index contributed by atoms with van der Waals surface area (Å²) in [4.78, 5) is 26.6. The normalized spacial score (nSPS) is 12.3. The lowest BCUT2D eigenvalue weighted by Gasteiger charge is -2.23. The molecule has 0 fully saturated rings. The summed E-state index contributed by atoms with van der Waals surface area (Å²) in [5, 5.41) is 2.02. The average Bonchev–Trinajstić information content (AvgIpc) is 3.19. The van der Waals surface area contributed by atoms with Crippen LogP contribution in [0.1, 0.15) is 29.9 Å². The molecule has 0 N–H and O–H groups in total. The van der Waals surface area contributed by atoms with Crippen molar-refractivity contribution >= 4 is 31.3 Å². The van der Waals surface area contributed by atoms with Gasteiger partial charge in [0.25, 0.3) is 0 Å². The van der Waals surface area contributed by atoms with Gasteiger partial charge in [0, 0.05) is 44.9 Å². The van der Waals surface area contributed by atoms with Crippen molar-refractivity contribution in [2.45, 2.75) is 51.6 Å². The molecule has 164 valence electrons. The lowest BCUT2D eigenvalue weighted by molar-refractivity contribution is -0.116. The Morgan fingerprint density at radius 2 is 1.87 bits per heavy atom. The molecule has 2 rings (SSSR count). The highest BCUT2D eigenvalue weighted by atomic mass is 32.1. The summed E-state index contributed by atoms with van der Waals surface area (Å²) >= 11 is 1.62. The van der Waals surface area contributed by atoms with Crippen molar-refractivity contribution in [1.82, 2.24) is 4.90 Å². The monoisotopic (exact) mass is 447 g/mol. The maximum absolute atomic E-state index is 12.3. The largest absolute Gasteiger partial charge is 0.485 e. The third-order valence-corrected chi connectivity index (χ3v) is 7.33. The molecule has 0 saturated heterocycles. The predicted molar refractivity (Wildman–Crippen MR) is 125 cm³/mol. The Hall–Kier alpha value is -2.12. The second-order valence-corrected chi connectivity index (χ2v) is 15.3. The minimum atomic E-state index is -1.23. The van der Waals surface area contributed by atoms with Gasteiger partial charge >= 0.3 is 6.09 Å². The van der Waals surface area contributed by atoms with E-state index in [1.807, 2.05) is 41.8 Å². The lowest BCUT2D eigenvalue weighted by Crippen LogP contribution is -2.31. The van der Waals surface area contributed by atoms with Gasteiger partial charge in [0.1, 0.15) is 17.6 Å². The molecule has 0 aliphatic carbocycles. The van der Waals surface area contributed by atoms with Crippen LogP contribution in [0.5, 0.6) is 5.75 Å². The minimum Gasteiger partial charge on any atom is -0.485 e. The van der Waals surface area contributed by atoms with Gasteiger partial charge in [-0.05, 0) is 30.5 Å². The molecule has 0 radical (unpaired) electrons. The number of thiophene rings is 1. The predicted octanol–water partition coefficient (Wildman–Crippen LogP) is 5.80. The Morgan fingerprint density at radius 3 is 2.50 bits per heavy atom. The standard InChI is InChI=1S/C23H33NO4SSi/c1-18(25)17-19-9-6-7-10-20(19)28-21(22-11-8-15-29-22)12-13-24(2)23(26)27-14-16-30(3,4)5/h6-11,15,21H,12-14,16-17H2,1-5H3. The van der Waals surface area contributed by atoms with Crippen LogP contribution in [0.15, 0.2) is 41.8 Å². The van der Waals surface area contributed by atoms with Crippen molar-refractivity contribution < 1.29 is 19.1 Å². The van der Waals surface area contributed by atoms with Crippen molar-refractivity contribution in [3.05, 3.63) is 52.2 Å². The number of carbonyl (C=O) groups excluding carboxylic acids is 2. The van der Waals surface area contributed by atoms with E-state index >= 15 is 0 Å². The van der Waals surface area contributed by atoms with Gasteiger partial charge in [-0.1, -0.05) is 43.9 Å². The molecular weight excluding hydrogens is 414 g/mol. The molecule has 0 aliphatic heterocycles. The van der Waals surface area contributed by atoms with Gasteiger partial charge in [-0.2, -0.15) is 0 Å². The van der Waals surface area contributed by atoms with Crippen LogP contribution in [0.25, 0.3) is 0 Å². The molecule has 2 aromatic rings. The van der Waals surface area contributed by atoms with Gasteiger partial charge < -0.3 is 14.4 Å². The molecule has 30 heavy (non-hydrogen) atoms. The Bertz CT molecular complexity index is 817. The van der Waals surface area contributed by atoms with Crippen molar-refractivity contribution in [2.75, 3.05) is 20.2 Å². The first kappa shape index (κ1) is 24.1. The van der Waals surface area contributed by atoms with E-state index in [1.54, 1.807) is 30.2 Å². The van der Waals surface area contributed by atoms with Crippen LogP contribution < -0.4 is 4.74 Å². The Labute approximate surface area is 185 Å². The highest BCUT2D eigenvalue weighted by molar-refractivity contribution is 7.10. The third-order valence-electron chi connectivity index (χ3n) is 4.66. The van der Waals surface area contributed by atoms with Crippen LogP contribution in [0.2, 0.25) is 25.7 Å². The average molecular weight is 448 g/mol.